The van der Waals surface area contributed by atoms with E-state index in [-0.39, 0.29) is 0 Å². The van der Waals surface area contributed by atoms with Crippen molar-refractivity contribution in [2.75, 3.05) is 0 Å². The molecule has 294 valence electrons. The first-order chi connectivity index (χ1) is 31.3. The lowest BCUT2D eigenvalue weighted by Gasteiger charge is -2.33. The van der Waals surface area contributed by atoms with Gasteiger partial charge in [-0.1, -0.05) is 182 Å². The molecule has 3 heterocycles. The average molecular weight is 804 g/mol. The second-order valence-corrected chi connectivity index (χ2v) is 16.3. The van der Waals surface area contributed by atoms with Gasteiger partial charge >= 0.3 is 0 Å². The van der Waals surface area contributed by atoms with E-state index in [0.717, 1.165) is 55.0 Å². The summed E-state index contributed by atoms with van der Waals surface area (Å²) < 4.78 is 4.63. The Morgan fingerprint density at radius 1 is 0.349 bits per heavy atom. The zero-order valence-electron chi connectivity index (χ0n) is 34.1. The Bertz CT molecular complexity index is 3680. The fourth-order valence-corrected chi connectivity index (χ4v) is 10.5. The van der Waals surface area contributed by atoms with Crippen LogP contribution in [0.4, 0.5) is 0 Å². The molecule has 3 aromatic heterocycles. The number of aromatic nitrogens is 5. The molecular formula is C58H37N5. The van der Waals surface area contributed by atoms with Gasteiger partial charge < -0.3 is 4.57 Å². The van der Waals surface area contributed by atoms with E-state index in [4.69, 9.17) is 15.0 Å². The van der Waals surface area contributed by atoms with Crippen LogP contribution in [0.1, 0.15) is 22.3 Å². The molecule has 0 radical (unpaired) electrons. The number of hydrogen-bond acceptors (Lipinski definition) is 3. The highest BCUT2D eigenvalue weighted by molar-refractivity contribution is 6.16. The van der Waals surface area contributed by atoms with Crippen LogP contribution in [0, 0.1) is 0 Å². The first-order valence-corrected chi connectivity index (χ1v) is 21.5. The number of para-hydroxylation sites is 3. The van der Waals surface area contributed by atoms with Gasteiger partial charge in [-0.2, -0.15) is 9.97 Å². The van der Waals surface area contributed by atoms with Gasteiger partial charge in [-0.05, 0) is 70.3 Å². The highest BCUT2D eigenvalue weighted by Crippen LogP contribution is 2.58. The maximum absolute atomic E-state index is 5.49. The van der Waals surface area contributed by atoms with Crippen LogP contribution in [0.2, 0.25) is 0 Å². The molecular weight excluding hydrogens is 767 g/mol. The molecule has 63 heavy (non-hydrogen) atoms. The van der Waals surface area contributed by atoms with Gasteiger partial charge in [-0.25, -0.2) is 4.98 Å². The number of nitrogens with zero attached hydrogens (tertiary/aromatic N) is 5. The summed E-state index contributed by atoms with van der Waals surface area (Å²) in [6.07, 6.45) is 0. The normalized spacial score (nSPS) is 12.9. The van der Waals surface area contributed by atoms with Crippen LogP contribution in [0.3, 0.4) is 0 Å². The molecule has 0 saturated carbocycles. The molecule has 5 nitrogen and oxygen atoms in total. The molecule has 0 spiro atoms. The van der Waals surface area contributed by atoms with E-state index in [9.17, 15) is 0 Å². The SMILES string of the molecule is c1ccc(-c2nc(-c3ccc4c(c3)c3ccccc3n4-c3ccccc3)nc(-n3c4ccccc4c4ccc5c(c43)-c3ccccc3C5(c3ccccc3)c3ccccc3)n2)cc1. The van der Waals surface area contributed by atoms with Crippen molar-refractivity contribution in [2.45, 2.75) is 5.41 Å². The minimum atomic E-state index is -0.558. The summed E-state index contributed by atoms with van der Waals surface area (Å²) in [4.78, 5) is 16.2. The quantitative estimate of drug-likeness (QED) is 0.168. The van der Waals surface area contributed by atoms with Crippen molar-refractivity contribution in [3.8, 4) is 45.5 Å². The largest absolute Gasteiger partial charge is 0.309 e. The van der Waals surface area contributed by atoms with Gasteiger partial charge in [0.25, 0.3) is 0 Å². The monoisotopic (exact) mass is 803 g/mol. The van der Waals surface area contributed by atoms with Crippen molar-refractivity contribution in [1.82, 2.24) is 24.1 Å². The van der Waals surface area contributed by atoms with Crippen molar-refractivity contribution in [3.05, 3.63) is 247 Å². The standard InChI is InChI=1S/C58H37N5/c1-5-19-38(20-6-1)55-59-56(39-33-36-52-47(37-39)44-28-15-17-31-50(44)62(52)42-25-11-4-12-26-42)61-57(60-55)63-51-32-18-14-27-43(51)45-34-35-49-53(54(45)63)46-29-13-16-30-48(46)58(49,40-21-7-2-8-22-40)41-23-9-3-10-24-41/h1-37H. The van der Waals surface area contributed by atoms with E-state index < -0.39 is 5.41 Å². The Morgan fingerprint density at radius 3 is 1.59 bits per heavy atom. The first-order valence-electron chi connectivity index (χ1n) is 21.5. The molecule has 9 aromatic carbocycles. The molecule has 0 amide bonds. The van der Waals surface area contributed by atoms with Crippen LogP contribution in [-0.2, 0) is 5.41 Å². The van der Waals surface area contributed by atoms with Crippen LogP contribution in [-0.4, -0.2) is 24.1 Å². The summed E-state index contributed by atoms with van der Waals surface area (Å²) in [6, 6.07) is 80.3. The third-order valence-corrected chi connectivity index (χ3v) is 13.1. The van der Waals surface area contributed by atoms with Gasteiger partial charge in [0, 0.05) is 43.9 Å². The van der Waals surface area contributed by atoms with Crippen molar-refractivity contribution < 1.29 is 0 Å². The molecule has 1 aliphatic carbocycles. The number of hydrogen-bond donors (Lipinski definition) is 0. The van der Waals surface area contributed by atoms with Gasteiger partial charge in [0.05, 0.1) is 27.5 Å². The minimum absolute atomic E-state index is 0.558. The molecule has 13 rings (SSSR count). The molecule has 0 unspecified atom stereocenters. The van der Waals surface area contributed by atoms with Crippen molar-refractivity contribution in [3.63, 3.8) is 0 Å². The number of benzene rings is 9. The van der Waals surface area contributed by atoms with E-state index in [0.29, 0.717) is 17.6 Å². The molecule has 0 bridgehead atoms. The fourth-order valence-electron chi connectivity index (χ4n) is 10.5. The van der Waals surface area contributed by atoms with Gasteiger partial charge in [0.15, 0.2) is 11.6 Å². The maximum Gasteiger partial charge on any atom is 0.238 e. The number of rotatable bonds is 6. The molecule has 0 fully saturated rings. The molecule has 5 heteroatoms. The van der Waals surface area contributed by atoms with Gasteiger partial charge in [0.1, 0.15) is 0 Å². The van der Waals surface area contributed by atoms with Gasteiger partial charge in [-0.3, -0.25) is 4.57 Å². The molecule has 12 aromatic rings. The molecule has 0 saturated heterocycles. The lowest BCUT2D eigenvalue weighted by Crippen LogP contribution is -2.28. The van der Waals surface area contributed by atoms with E-state index in [1.807, 2.05) is 18.2 Å². The van der Waals surface area contributed by atoms with Crippen LogP contribution in [0.5, 0.6) is 0 Å². The lowest BCUT2D eigenvalue weighted by molar-refractivity contribution is 0.769. The van der Waals surface area contributed by atoms with Crippen molar-refractivity contribution in [1.29, 1.82) is 0 Å². The second-order valence-electron chi connectivity index (χ2n) is 16.3. The summed E-state index contributed by atoms with van der Waals surface area (Å²) in [7, 11) is 0. The summed E-state index contributed by atoms with van der Waals surface area (Å²) >= 11 is 0. The highest BCUT2D eigenvalue weighted by atomic mass is 15.2. The Labute approximate surface area is 363 Å². The predicted molar refractivity (Wildman–Crippen MR) is 257 cm³/mol. The molecule has 1 aliphatic rings. The van der Waals surface area contributed by atoms with E-state index >= 15 is 0 Å². The topological polar surface area (TPSA) is 48.5 Å². The van der Waals surface area contributed by atoms with Gasteiger partial charge in [0.2, 0.25) is 5.95 Å². The van der Waals surface area contributed by atoms with E-state index in [1.54, 1.807) is 0 Å². The Balaban J connectivity index is 1.12. The highest BCUT2D eigenvalue weighted by Gasteiger charge is 2.47. The van der Waals surface area contributed by atoms with Crippen molar-refractivity contribution >= 4 is 43.6 Å². The third-order valence-electron chi connectivity index (χ3n) is 13.1. The second kappa shape index (κ2) is 13.8. The van der Waals surface area contributed by atoms with Crippen LogP contribution >= 0.6 is 0 Å². The third kappa shape index (κ3) is 5.14. The molecule has 0 aliphatic heterocycles. The van der Waals surface area contributed by atoms with Crippen molar-refractivity contribution in [2.24, 2.45) is 0 Å². The summed E-state index contributed by atoms with van der Waals surface area (Å²) in [5, 5.41) is 4.60. The van der Waals surface area contributed by atoms with E-state index in [1.165, 1.54) is 38.8 Å². The average Bonchev–Trinajstić information content (AvgIpc) is 3.99. The maximum atomic E-state index is 5.49. The first kappa shape index (κ1) is 35.4. The summed E-state index contributed by atoms with van der Waals surface area (Å²) in [6.45, 7) is 0. The van der Waals surface area contributed by atoms with E-state index in [2.05, 4.69) is 215 Å². The summed E-state index contributed by atoms with van der Waals surface area (Å²) in [5.74, 6) is 1.79. The fraction of sp³-hybridized carbons (Fsp3) is 0.0172. The zero-order chi connectivity index (χ0) is 41.5. The molecule has 0 atom stereocenters. The Morgan fingerprint density at radius 2 is 0.889 bits per heavy atom. The Hall–Kier alpha value is -8.41. The van der Waals surface area contributed by atoms with Crippen LogP contribution < -0.4 is 0 Å². The smallest absolute Gasteiger partial charge is 0.238 e. The van der Waals surface area contributed by atoms with Gasteiger partial charge in [-0.15, -0.1) is 0 Å². The zero-order valence-corrected chi connectivity index (χ0v) is 34.1. The molecule has 0 N–H and O–H groups in total. The van der Waals surface area contributed by atoms with Crippen LogP contribution in [0.15, 0.2) is 224 Å². The van der Waals surface area contributed by atoms with Crippen LogP contribution in [0.25, 0.3) is 89.2 Å². The summed E-state index contributed by atoms with van der Waals surface area (Å²) in [5.41, 5.74) is 14.1. The predicted octanol–water partition coefficient (Wildman–Crippen LogP) is 13.8. The number of fused-ring (bicyclic) bond motifs is 10. The minimum Gasteiger partial charge on any atom is -0.309 e. The Kier molecular flexibility index (Phi) is 7.75. The lowest BCUT2D eigenvalue weighted by atomic mass is 9.67.